The number of rotatable bonds is 1. The van der Waals surface area contributed by atoms with Crippen LogP contribution in [0.25, 0.3) is 10.9 Å². The lowest BCUT2D eigenvalue weighted by atomic mass is 10.1. The minimum absolute atomic E-state index is 0.0376. The highest BCUT2D eigenvalue weighted by atomic mass is 79.9. The summed E-state index contributed by atoms with van der Waals surface area (Å²) in [6.45, 7) is 1.79. The number of hydrogen-bond acceptors (Lipinski definition) is 2. The monoisotopic (exact) mass is 286 g/mol. The highest BCUT2D eigenvalue weighted by Crippen LogP contribution is 2.29. The van der Waals surface area contributed by atoms with Crippen LogP contribution < -0.4 is 5.32 Å². The van der Waals surface area contributed by atoms with Crippen LogP contribution in [0.4, 0.5) is 14.6 Å². The zero-order chi connectivity index (χ0) is 11.9. The van der Waals surface area contributed by atoms with E-state index in [2.05, 4.69) is 26.2 Å². The summed E-state index contributed by atoms with van der Waals surface area (Å²) in [5, 5.41) is 3.02. The normalized spacial score (nSPS) is 10.8. The van der Waals surface area contributed by atoms with Gasteiger partial charge in [0, 0.05) is 12.4 Å². The third-order valence-electron chi connectivity index (χ3n) is 2.38. The number of nitrogens with zero attached hydrogens (tertiary/aromatic N) is 1. The van der Waals surface area contributed by atoms with Gasteiger partial charge in [-0.25, -0.2) is 13.8 Å². The molecule has 0 fully saturated rings. The second-order valence-corrected chi connectivity index (χ2v) is 4.31. The lowest BCUT2D eigenvalue weighted by Gasteiger charge is -2.08. The molecule has 0 bridgehead atoms. The van der Waals surface area contributed by atoms with E-state index >= 15 is 0 Å². The van der Waals surface area contributed by atoms with Gasteiger partial charge in [-0.1, -0.05) is 0 Å². The van der Waals surface area contributed by atoms with Crippen molar-refractivity contribution in [2.45, 2.75) is 6.92 Å². The van der Waals surface area contributed by atoms with Crippen LogP contribution in [0, 0.1) is 18.6 Å². The van der Waals surface area contributed by atoms with Gasteiger partial charge in [-0.05, 0) is 40.5 Å². The van der Waals surface area contributed by atoms with Crippen molar-refractivity contribution >= 4 is 32.7 Å². The molecule has 16 heavy (non-hydrogen) atoms. The Kier molecular flexibility index (Phi) is 2.80. The highest BCUT2D eigenvalue weighted by molar-refractivity contribution is 9.10. The maximum absolute atomic E-state index is 13.7. The first-order chi connectivity index (χ1) is 7.54. The van der Waals surface area contributed by atoms with E-state index in [1.54, 1.807) is 20.0 Å². The first-order valence-corrected chi connectivity index (χ1v) is 5.46. The van der Waals surface area contributed by atoms with Gasteiger partial charge in [-0.15, -0.1) is 0 Å². The molecule has 1 heterocycles. The Labute approximate surface area is 99.8 Å². The van der Waals surface area contributed by atoms with Gasteiger partial charge in [-0.2, -0.15) is 0 Å². The van der Waals surface area contributed by atoms with Gasteiger partial charge in [0.25, 0.3) is 0 Å². The molecule has 0 amide bonds. The minimum atomic E-state index is -0.542. The van der Waals surface area contributed by atoms with Gasteiger partial charge in [-0.3, -0.25) is 0 Å². The standard InChI is InChI=1S/C11H9BrF2N2/c1-5-3-6-9(14)7(12)4-8(13)10(6)16-11(5)15-2/h3-4H,1-2H3,(H,15,16). The summed E-state index contributed by atoms with van der Waals surface area (Å²) in [4.78, 5) is 4.05. The van der Waals surface area contributed by atoms with Crippen LogP contribution in [0.3, 0.4) is 0 Å². The fraction of sp³-hybridized carbons (Fsp3) is 0.182. The molecule has 2 nitrogen and oxygen atoms in total. The minimum Gasteiger partial charge on any atom is -0.373 e. The predicted octanol–water partition coefficient (Wildman–Crippen LogP) is 3.63. The first-order valence-electron chi connectivity index (χ1n) is 4.67. The van der Waals surface area contributed by atoms with E-state index in [1.165, 1.54) is 0 Å². The number of nitrogens with one attached hydrogen (secondary N) is 1. The van der Waals surface area contributed by atoms with Gasteiger partial charge in [0.1, 0.15) is 17.2 Å². The largest absolute Gasteiger partial charge is 0.373 e. The van der Waals surface area contributed by atoms with Crippen LogP contribution in [0.1, 0.15) is 5.56 Å². The van der Waals surface area contributed by atoms with E-state index < -0.39 is 11.6 Å². The number of hydrogen-bond donors (Lipinski definition) is 1. The van der Waals surface area contributed by atoms with E-state index in [4.69, 9.17) is 0 Å². The van der Waals surface area contributed by atoms with Gasteiger partial charge >= 0.3 is 0 Å². The van der Waals surface area contributed by atoms with Crippen molar-refractivity contribution in [3.63, 3.8) is 0 Å². The summed E-state index contributed by atoms with van der Waals surface area (Å²) in [6.07, 6.45) is 0. The molecule has 1 N–H and O–H groups in total. The zero-order valence-electron chi connectivity index (χ0n) is 8.74. The molecular weight excluding hydrogens is 278 g/mol. The molecule has 1 aromatic carbocycles. The molecule has 0 spiro atoms. The smallest absolute Gasteiger partial charge is 0.150 e. The molecule has 0 saturated carbocycles. The number of fused-ring (bicyclic) bond motifs is 1. The summed E-state index contributed by atoms with van der Waals surface area (Å²) < 4.78 is 27.4. The number of halogens is 3. The Bertz CT molecular complexity index is 570. The second kappa shape index (κ2) is 3.97. The summed E-state index contributed by atoms with van der Waals surface area (Å²) in [6, 6.07) is 2.66. The maximum atomic E-state index is 13.7. The molecule has 0 aliphatic heterocycles. The Morgan fingerprint density at radius 3 is 2.62 bits per heavy atom. The number of aromatic nitrogens is 1. The van der Waals surface area contributed by atoms with Crippen LogP contribution in [0.15, 0.2) is 16.6 Å². The summed E-state index contributed by atoms with van der Waals surface area (Å²) in [5.74, 6) is -0.484. The molecule has 84 valence electrons. The number of benzene rings is 1. The van der Waals surface area contributed by atoms with Crippen LogP contribution in [0.2, 0.25) is 0 Å². The van der Waals surface area contributed by atoms with Crippen molar-refractivity contribution in [1.82, 2.24) is 4.98 Å². The predicted molar refractivity (Wildman–Crippen MR) is 63.6 cm³/mol. The Morgan fingerprint density at radius 2 is 2.00 bits per heavy atom. The molecule has 0 atom stereocenters. The van der Waals surface area contributed by atoms with Crippen molar-refractivity contribution in [3.8, 4) is 0 Å². The third kappa shape index (κ3) is 1.65. The Hall–Kier alpha value is -1.23. The van der Waals surface area contributed by atoms with E-state index in [0.29, 0.717) is 5.82 Å². The Balaban J connectivity index is 2.90. The van der Waals surface area contributed by atoms with Crippen LogP contribution in [-0.4, -0.2) is 12.0 Å². The second-order valence-electron chi connectivity index (χ2n) is 3.45. The molecule has 5 heteroatoms. The lowest BCUT2D eigenvalue weighted by Crippen LogP contribution is -1.99. The van der Waals surface area contributed by atoms with Gasteiger partial charge in [0.15, 0.2) is 5.82 Å². The summed E-state index contributed by atoms with van der Waals surface area (Å²) in [7, 11) is 1.69. The molecule has 2 rings (SSSR count). The molecule has 0 aliphatic carbocycles. The van der Waals surface area contributed by atoms with Crippen molar-refractivity contribution < 1.29 is 8.78 Å². The molecule has 0 radical (unpaired) electrons. The average Bonchev–Trinajstić information content (AvgIpc) is 2.25. The molecule has 0 unspecified atom stereocenters. The van der Waals surface area contributed by atoms with E-state index in [9.17, 15) is 8.78 Å². The van der Waals surface area contributed by atoms with E-state index in [1.807, 2.05) is 0 Å². The maximum Gasteiger partial charge on any atom is 0.150 e. The van der Waals surface area contributed by atoms with Crippen LogP contribution in [0.5, 0.6) is 0 Å². The average molecular weight is 287 g/mol. The lowest BCUT2D eigenvalue weighted by molar-refractivity contribution is 0.610. The van der Waals surface area contributed by atoms with Gasteiger partial charge in [0.2, 0.25) is 0 Å². The van der Waals surface area contributed by atoms with Crippen molar-refractivity contribution in [1.29, 1.82) is 0 Å². The fourth-order valence-corrected chi connectivity index (χ4v) is 2.00. The number of aryl methyl sites for hydroxylation is 1. The quantitative estimate of drug-likeness (QED) is 0.810. The summed E-state index contributed by atoms with van der Waals surface area (Å²) >= 11 is 2.97. The first kappa shape index (κ1) is 11.3. The van der Waals surface area contributed by atoms with E-state index in [-0.39, 0.29) is 15.4 Å². The molecular formula is C11H9BrF2N2. The zero-order valence-corrected chi connectivity index (χ0v) is 10.3. The number of anilines is 1. The topological polar surface area (TPSA) is 24.9 Å². The van der Waals surface area contributed by atoms with Crippen molar-refractivity contribution in [2.24, 2.45) is 0 Å². The fourth-order valence-electron chi connectivity index (χ4n) is 1.59. The highest BCUT2D eigenvalue weighted by Gasteiger charge is 2.13. The molecule has 0 saturated heterocycles. The SMILES string of the molecule is CNc1nc2c(F)cc(Br)c(F)c2cc1C. The third-order valence-corrected chi connectivity index (χ3v) is 2.95. The van der Waals surface area contributed by atoms with Crippen molar-refractivity contribution in [3.05, 3.63) is 33.8 Å². The molecule has 1 aromatic heterocycles. The number of pyridine rings is 1. The van der Waals surface area contributed by atoms with Gasteiger partial charge in [0.05, 0.1) is 4.47 Å². The van der Waals surface area contributed by atoms with E-state index in [0.717, 1.165) is 11.6 Å². The van der Waals surface area contributed by atoms with Crippen molar-refractivity contribution in [2.75, 3.05) is 12.4 Å². The van der Waals surface area contributed by atoms with Gasteiger partial charge < -0.3 is 5.32 Å². The Morgan fingerprint density at radius 1 is 1.31 bits per heavy atom. The summed E-state index contributed by atoms with van der Waals surface area (Å²) in [5.41, 5.74) is 0.807. The van der Waals surface area contributed by atoms with Crippen LogP contribution >= 0.6 is 15.9 Å². The van der Waals surface area contributed by atoms with Crippen LogP contribution in [-0.2, 0) is 0 Å². The molecule has 0 aliphatic rings. The molecule has 2 aromatic rings.